The third-order valence-corrected chi connectivity index (χ3v) is 5.35. The number of halogens is 2. The molecule has 0 aliphatic carbocycles. The Bertz CT molecular complexity index is 1160. The minimum atomic E-state index is -0.666. The molecule has 2 aromatic carbocycles. The van der Waals surface area contributed by atoms with Crippen LogP contribution in [0.1, 0.15) is 34.7 Å². The van der Waals surface area contributed by atoms with Crippen molar-refractivity contribution in [3.8, 4) is 11.5 Å². The van der Waals surface area contributed by atoms with E-state index < -0.39 is 17.8 Å². The number of amides is 2. The zero-order valence-electron chi connectivity index (χ0n) is 17.3. The van der Waals surface area contributed by atoms with Gasteiger partial charge in [-0.15, -0.1) is 0 Å². The number of ether oxygens (including phenoxy) is 1. The zero-order chi connectivity index (χ0) is 22.7. The molecule has 1 saturated heterocycles. The minimum absolute atomic E-state index is 0.0323. The van der Waals surface area contributed by atoms with Crippen LogP contribution in [0.4, 0.5) is 10.1 Å². The maximum atomic E-state index is 13.9. The lowest BCUT2D eigenvalue weighted by molar-refractivity contribution is -0.124. The van der Waals surface area contributed by atoms with Gasteiger partial charge in [0.1, 0.15) is 23.4 Å². The fourth-order valence-corrected chi connectivity index (χ4v) is 3.59. The van der Waals surface area contributed by atoms with Crippen molar-refractivity contribution >= 4 is 29.1 Å². The number of benzene rings is 2. The number of aromatic nitrogens is 1. The van der Waals surface area contributed by atoms with Gasteiger partial charge < -0.3 is 19.8 Å². The molecule has 2 heterocycles. The van der Waals surface area contributed by atoms with Gasteiger partial charge in [0.2, 0.25) is 5.89 Å². The van der Waals surface area contributed by atoms with Gasteiger partial charge in [0.05, 0.1) is 23.4 Å². The van der Waals surface area contributed by atoms with Crippen molar-refractivity contribution < 1.29 is 23.1 Å². The van der Waals surface area contributed by atoms with Crippen LogP contribution in [0.3, 0.4) is 0 Å². The second-order valence-electron chi connectivity index (χ2n) is 7.37. The number of aryl methyl sites for hydroxylation is 1. The van der Waals surface area contributed by atoms with Crippen molar-refractivity contribution in [1.29, 1.82) is 0 Å². The number of nitrogens with one attached hydrogen (secondary N) is 2. The molecule has 1 aliphatic heterocycles. The monoisotopic (exact) mass is 457 g/mol. The largest absolute Gasteiger partial charge is 0.441 e. The van der Waals surface area contributed by atoms with E-state index in [0.29, 0.717) is 41.6 Å². The maximum absolute atomic E-state index is 13.9. The molecule has 1 unspecified atom stereocenters. The highest BCUT2D eigenvalue weighted by molar-refractivity contribution is 6.31. The summed E-state index contributed by atoms with van der Waals surface area (Å²) in [5, 5.41) is 5.76. The number of carbonyl (C=O) groups excluding carboxylic acids is 2. The first kappa shape index (κ1) is 22.0. The van der Waals surface area contributed by atoms with Gasteiger partial charge in [0, 0.05) is 11.6 Å². The lowest BCUT2D eigenvalue weighted by atomic mass is 10.1. The van der Waals surface area contributed by atoms with E-state index in [4.69, 9.17) is 20.8 Å². The molecule has 3 aromatic rings. The lowest BCUT2D eigenvalue weighted by Crippen LogP contribution is -2.27. The first-order chi connectivity index (χ1) is 15.4. The summed E-state index contributed by atoms with van der Waals surface area (Å²) in [6.45, 7) is 2.32. The van der Waals surface area contributed by atoms with Crippen molar-refractivity contribution in [2.24, 2.45) is 0 Å². The van der Waals surface area contributed by atoms with Crippen LogP contribution in [0, 0.1) is 12.7 Å². The zero-order valence-corrected chi connectivity index (χ0v) is 18.0. The van der Waals surface area contributed by atoms with E-state index in [-0.39, 0.29) is 23.0 Å². The molecule has 4 rings (SSSR count). The van der Waals surface area contributed by atoms with Crippen LogP contribution >= 0.6 is 11.6 Å². The van der Waals surface area contributed by atoms with E-state index in [1.807, 2.05) is 0 Å². The standard InChI is InChI=1S/C23H21ClFN3O4/c1-13-19(12-26-21(29)16-11-14(24)8-9-17(16)25)28-23(32-13)15-5-2-3-6-18(15)27-22(30)20-7-4-10-31-20/h2-3,5-6,8-9,11,20H,4,7,10,12H2,1H3,(H,26,29)(H,27,30). The molecule has 2 amide bonds. The van der Waals surface area contributed by atoms with Gasteiger partial charge in [-0.25, -0.2) is 9.37 Å². The fraction of sp³-hybridized carbons (Fsp3) is 0.261. The topological polar surface area (TPSA) is 93.5 Å². The van der Waals surface area contributed by atoms with Gasteiger partial charge in [0.25, 0.3) is 11.8 Å². The molecule has 9 heteroatoms. The summed E-state index contributed by atoms with van der Waals surface area (Å²) in [4.78, 5) is 29.3. The molecule has 2 N–H and O–H groups in total. The van der Waals surface area contributed by atoms with Crippen molar-refractivity contribution in [3.63, 3.8) is 0 Å². The van der Waals surface area contributed by atoms with Crippen LogP contribution in [0.2, 0.25) is 5.02 Å². The predicted octanol–water partition coefficient (Wildman–Crippen LogP) is 4.49. The number of carbonyl (C=O) groups is 2. The highest BCUT2D eigenvalue weighted by Gasteiger charge is 2.25. The summed E-state index contributed by atoms with van der Waals surface area (Å²) in [7, 11) is 0. The molecule has 0 radical (unpaired) electrons. The maximum Gasteiger partial charge on any atom is 0.254 e. The average molecular weight is 458 g/mol. The first-order valence-electron chi connectivity index (χ1n) is 10.1. The molecule has 32 heavy (non-hydrogen) atoms. The molecule has 1 aromatic heterocycles. The molecular formula is C23H21ClFN3O4. The van der Waals surface area contributed by atoms with Crippen molar-refractivity contribution in [3.05, 3.63) is 70.3 Å². The van der Waals surface area contributed by atoms with E-state index in [0.717, 1.165) is 12.5 Å². The van der Waals surface area contributed by atoms with Gasteiger partial charge in [-0.3, -0.25) is 9.59 Å². The number of hydrogen-bond donors (Lipinski definition) is 2. The van der Waals surface area contributed by atoms with Crippen LogP contribution in [-0.4, -0.2) is 29.5 Å². The van der Waals surface area contributed by atoms with Crippen LogP contribution in [-0.2, 0) is 16.1 Å². The quantitative estimate of drug-likeness (QED) is 0.568. The molecule has 7 nitrogen and oxygen atoms in total. The Hall–Kier alpha value is -3.23. The Balaban J connectivity index is 1.49. The lowest BCUT2D eigenvalue weighted by Gasteiger charge is -2.12. The first-order valence-corrected chi connectivity index (χ1v) is 10.5. The highest BCUT2D eigenvalue weighted by Crippen LogP contribution is 2.29. The third-order valence-electron chi connectivity index (χ3n) is 5.12. The molecule has 1 atom stereocenters. The fourth-order valence-electron chi connectivity index (χ4n) is 3.41. The van der Waals surface area contributed by atoms with Crippen molar-refractivity contribution in [2.75, 3.05) is 11.9 Å². The Morgan fingerprint density at radius 1 is 1.25 bits per heavy atom. The van der Waals surface area contributed by atoms with Gasteiger partial charge in [-0.1, -0.05) is 23.7 Å². The molecule has 0 bridgehead atoms. The van der Waals surface area contributed by atoms with Gasteiger partial charge in [-0.2, -0.15) is 0 Å². The van der Waals surface area contributed by atoms with E-state index >= 15 is 0 Å². The van der Waals surface area contributed by atoms with E-state index in [2.05, 4.69) is 15.6 Å². The van der Waals surface area contributed by atoms with E-state index in [9.17, 15) is 14.0 Å². The Labute approximate surface area is 188 Å². The number of oxazole rings is 1. The van der Waals surface area contributed by atoms with Crippen LogP contribution < -0.4 is 10.6 Å². The number of hydrogen-bond acceptors (Lipinski definition) is 5. The minimum Gasteiger partial charge on any atom is -0.441 e. The van der Waals surface area contributed by atoms with E-state index in [1.165, 1.54) is 12.1 Å². The van der Waals surface area contributed by atoms with Crippen molar-refractivity contribution in [2.45, 2.75) is 32.4 Å². The number of rotatable bonds is 6. The summed E-state index contributed by atoms with van der Waals surface area (Å²) in [6, 6.07) is 10.9. The molecule has 0 saturated carbocycles. The summed E-state index contributed by atoms with van der Waals surface area (Å²) in [6.07, 6.45) is 1.07. The van der Waals surface area contributed by atoms with E-state index in [1.54, 1.807) is 31.2 Å². The Kier molecular flexibility index (Phi) is 6.53. The predicted molar refractivity (Wildman–Crippen MR) is 117 cm³/mol. The second-order valence-corrected chi connectivity index (χ2v) is 7.80. The Morgan fingerprint density at radius 3 is 2.84 bits per heavy atom. The normalized spacial score (nSPS) is 15.5. The van der Waals surface area contributed by atoms with Gasteiger partial charge in [0.15, 0.2) is 0 Å². The average Bonchev–Trinajstić information content (AvgIpc) is 3.44. The summed E-state index contributed by atoms with van der Waals surface area (Å²) >= 11 is 5.85. The number of para-hydroxylation sites is 1. The van der Waals surface area contributed by atoms with Crippen LogP contribution in [0.5, 0.6) is 0 Å². The number of anilines is 1. The third kappa shape index (κ3) is 4.81. The molecule has 1 fully saturated rings. The molecular weight excluding hydrogens is 437 g/mol. The van der Waals surface area contributed by atoms with Crippen molar-refractivity contribution in [1.82, 2.24) is 10.3 Å². The Morgan fingerprint density at radius 2 is 2.06 bits per heavy atom. The van der Waals surface area contributed by atoms with Gasteiger partial charge in [-0.05, 0) is 50.1 Å². The summed E-state index contributed by atoms with van der Waals surface area (Å²) in [5.41, 5.74) is 1.48. The molecule has 166 valence electrons. The van der Waals surface area contributed by atoms with Crippen LogP contribution in [0.15, 0.2) is 46.9 Å². The summed E-state index contributed by atoms with van der Waals surface area (Å²) < 4.78 is 25.1. The molecule has 1 aliphatic rings. The highest BCUT2D eigenvalue weighted by atomic mass is 35.5. The SMILES string of the molecule is Cc1oc(-c2ccccc2NC(=O)C2CCCO2)nc1CNC(=O)c1cc(Cl)ccc1F. The molecule has 0 spiro atoms. The smallest absolute Gasteiger partial charge is 0.254 e. The second kappa shape index (κ2) is 9.50. The summed E-state index contributed by atoms with van der Waals surface area (Å²) in [5.74, 6) is -0.705. The van der Waals surface area contributed by atoms with Crippen LogP contribution in [0.25, 0.3) is 11.5 Å². The van der Waals surface area contributed by atoms with Gasteiger partial charge >= 0.3 is 0 Å². The number of nitrogens with zero attached hydrogens (tertiary/aromatic N) is 1.